The zero-order valence-electron chi connectivity index (χ0n) is 12.8. The second-order valence-corrected chi connectivity index (χ2v) is 7.51. The van der Waals surface area contributed by atoms with E-state index in [0.717, 1.165) is 10.0 Å². The van der Waals surface area contributed by atoms with Crippen molar-refractivity contribution in [1.82, 2.24) is 10.2 Å². The van der Waals surface area contributed by atoms with Gasteiger partial charge in [0.2, 0.25) is 11.8 Å². The maximum Gasteiger partial charge on any atom is 0.245 e. The van der Waals surface area contributed by atoms with Gasteiger partial charge in [0.1, 0.15) is 12.1 Å². The number of rotatable bonds is 2. The van der Waals surface area contributed by atoms with Gasteiger partial charge >= 0.3 is 0 Å². The van der Waals surface area contributed by atoms with E-state index in [-0.39, 0.29) is 17.2 Å². The minimum Gasteiger partial charge on any atom is -0.343 e. The number of carbonyl (C=O) groups is 2. The first kappa shape index (κ1) is 16.0. The normalized spacial score (nSPS) is 23.2. The number of nitrogens with one attached hydrogen (secondary N) is 1. The van der Waals surface area contributed by atoms with Crippen LogP contribution in [0.25, 0.3) is 0 Å². The highest BCUT2D eigenvalue weighted by molar-refractivity contribution is 9.10. The molecule has 1 aromatic carbocycles. The second kappa shape index (κ2) is 5.79. The predicted octanol–water partition coefficient (Wildman–Crippen LogP) is 2.71. The van der Waals surface area contributed by atoms with Gasteiger partial charge in [0.05, 0.1) is 0 Å². The Labute approximate surface area is 134 Å². The summed E-state index contributed by atoms with van der Waals surface area (Å²) in [5, 5.41) is 2.77. The lowest BCUT2D eigenvalue weighted by Crippen LogP contribution is -2.65. The monoisotopic (exact) mass is 352 g/mol. The zero-order chi connectivity index (χ0) is 15.8. The minimum atomic E-state index is -0.469. The van der Waals surface area contributed by atoms with Crippen LogP contribution in [-0.2, 0) is 16.1 Å². The van der Waals surface area contributed by atoms with Gasteiger partial charge in [-0.15, -0.1) is 0 Å². The molecule has 2 atom stereocenters. The lowest BCUT2D eigenvalue weighted by atomic mass is 9.83. The number of carbonyl (C=O) groups excluding carboxylic acids is 2. The summed E-state index contributed by atoms with van der Waals surface area (Å²) in [7, 11) is 0. The molecule has 1 aliphatic heterocycles. The van der Waals surface area contributed by atoms with Crippen molar-refractivity contribution in [3.05, 3.63) is 34.3 Å². The summed E-state index contributed by atoms with van der Waals surface area (Å²) in [5.74, 6) is -0.112. The first-order valence-corrected chi connectivity index (χ1v) is 7.85. The van der Waals surface area contributed by atoms with Gasteiger partial charge in [-0.25, -0.2) is 0 Å². The van der Waals surface area contributed by atoms with Gasteiger partial charge in [0.15, 0.2) is 0 Å². The van der Waals surface area contributed by atoms with E-state index in [1.54, 1.807) is 11.8 Å². The van der Waals surface area contributed by atoms with E-state index in [1.165, 1.54) is 0 Å². The first-order valence-electron chi connectivity index (χ1n) is 7.05. The quantitative estimate of drug-likeness (QED) is 0.889. The van der Waals surface area contributed by atoms with Crippen LogP contribution in [0.5, 0.6) is 0 Å². The zero-order valence-corrected chi connectivity index (χ0v) is 14.4. The van der Waals surface area contributed by atoms with E-state index in [0.29, 0.717) is 6.54 Å². The molecule has 1 N–H and O–H groups in total. The number of amides is 2. The number of hydrogen-bond donors (Lipinski definition) is 1. The standard InChI is InChI=1S/C16H21BrN2O2/c1-10-15(21)19(9-11-6-5-7-12(17)8-11)13(14(20)18-10)16(2,3)4/h5-8,10,13H,9H2,1-4H3,(H,18,20). The maximum absolute atomic E-state index is 12.5. The highest BCUT2D eigenvalue weighted by atomic mass is 79.9. The Morgan fingerprint density at radius 1 is 1.29 bits per heavy atom. The van der Waals surface area contributed by atoms with Crippen LogP contribution in [0, 0.1) is 5.41 Å². The fourth-order valence-electron chi connectivity index (χ4n) is 2.73. The topological polar surface area (TPSA) is 49.4 Å². The van der Waals surface area contributed by atoms with Gasteiger partial charge in [0.25, 0.3) is 0 Å². The molecule has 21 heavy (non-hydrogen) atoms. The van der Waals surface area contributed by atoms with Crippen molar-refractivity contribution in [2.45, 2.75) is 46.3 Å². The van der Waals surface area contributed by atoms with E-state index in [1.807, 2.05) is 45.0 Å². The molecule has 114 valence electrons. The largest absolute Gasteiger partial charge is 0.343 e. The number of halogens is 1. The molecule has 1 aliphatic rings. The van der Waals surface area contributed by atoms with E-state index < -0.39 is 12.1 Å². The van der Waals surface area contributed by atoms with Crippen molar-refractivity contribution >= 4 is 27.7 Å². The third-order valence-electron chi connectivity index (χ3n) is 3.63. The van der Waals surface area contributed by atoms with Crippen LogP contribution in [0.2, 0.25) is 0 Å². The molecule has 0 saturated carbocycles. The first-order chi connectivity index (χ1) is 9.70. The van der Waals surface area contributed by atoms with Crippen LogP contribution in [0.1, 0.15) is 33.3 Å². The molecule has 5 heteroatoms. The SMILES string of the molecule is CC1NC(=O)C(C(C)(C)C)N(Cc2cccc(Br)c2)C1=O. The van der Waals surface area contributed by atoms with Crippen molar-refractivity contribution in [1.29, 1.82) is 0 Å². The van der Waals surface area contributed by atoms with Gasteiger partial charge in [-0.3, -0.25) is 9.59 Å². The summed E-state index contributed by atoms with van der Waals surface area (Å²) < 4.78 is 0.967. The summed E-state index contributed by atoms with van der Waals surface area (Å²) in [6.07, 6.45) is 0. The molecule has 2 unspecified atom stereocenters. The van der Waals surface area contributed by atoms with Crippen molar-refractivity contribution in [2.24, 2.45) is 5.41 Å². The summed E-state index contributed by atoms with van der Waals surface area (Å²) >= 11 is 3.44. The molecule has 1 heterocycles. The van der Waals surface area contributed by atoms with Gasteiger partial charge in [-0.05, 0) is 30.0 Å². The minimum absolute atomic E-state index is 0.0329. The average Bonchev–Trinajstić information content (AvgIpc) is 2.34. The average molecular weight is 353 g/mol. The van der Waals surface area contributed by atoms with Gasteiger partial charge in [0, 0.05) is 11.0 Å². The summed E-state index contributed by atoms with van der Waals surface area (Å²) in [6.45, 7) is 8.11. The second-order valence-electron chi connectivity index (χ2n) is 6.59. The highest BCUT2D eigenvalue weighted by Gasteiger charge is 2.44. The molecule has 0 aromatic heterocycles. The van der Waals surface area contributed by atoms with Crippen LogP contribution < -0.4 is 5.32 Å². The Morgan fingerprint density at radius 3 is 2.52 bits per heavy atom. The Hall–Kier alpha value is -1.36. The molecule has 2 amide bonds. The number of hydrogen-bond acceptors (Lipinski definition) is 2. The van der Waals surface area contributed by atoms with Gasteiger partial charge in [-0.2, -0.15) is 0 Å². The molecule has 4 nitrogen and oxygen atoms in total. The van der Waals surface area contributed by atoms with Crippen LogP contribution >= 0.6 is 15.9 Å². The molecule has 0 bridgehead atoms. The molecule has 2 rings (SSSR count). The van der Waals surface area contributed by atoms with E-state index in [2.05, 4.69) is 21.2 Å². The summed E-state index contributed by atoms with van der Waals surface area (Å²) in [6, 6.07) is 6.89. The summed E-state index contributed by atoms with van der Waals surface area (Å²) in [5.41, 5.74) is 0.695. The van der Waals surface area contributed by atoms with Crippen LogP contribution in [0.4, 0.5) is 0 Å². The smallest absolute Gasteiger partial charge is 0.245 e. The lowest BCUT2D eigenvalue weighted by Gasteiger charge is -2.44. The third kappa shape index (κ3) is 3.46. The Kier molecular flexibility index (Phi) is 4.42. The highest BCUT2D eigenvalue weighted by Crippen LogP contribution is 2.29. The van der Waals surface area contributed by atoms with Gasteiger partial charge < -0.3 is 10.2 Å². The van der Waals surface area contributed by atoms with E-state index >= 15 is 0 Å². The molecule has 0 radical (unpaired) electrons. The molecular weight excluding hydrogens is 332 g/mol. The van der Waals surface area contributed by atoms with E-state index in [9.17, 15) is 9.59 Å². The number of benzene rings is 1. The van der Waals surface area contributed by atoms with Crippen molar-refractivity contribution in [2.75, 3.05) is 0 Å². The van der Waals surface area contributed by atoms with Crippen LogP contribution in [-0.4, -0.2) is 28.8 Å². The fourth-order valence-corrected chi connectivity index (χ4v) is 3.18. The lowest BCUT2D eigenvalue weighted by molar-refractivity contribution is -0.154. The van der Waals surface area contributed by atoms with Crippen molar-refractivity contribution < 1.29 is 9.59 Å². The molecule has 0 aliphatic carbocycles. The Morgan fingerprint density at radius 2 is 1.95 bits per heavy atom. The number of piperazine rings is 1. The Bertz CT molecular complexity index is 566. The van der Waals surface area contributed by atoms with Gasteiger partial charge in [-0.1, -0.05) is 48.8 Å². The fraction of sp³-hybridized carbons (Fsp3) is 0.500. The maximum atomic E-state index is 12.5. The summed E-state index contributed by atoms with van der Waals surface area (Å²) in [4.78, 5) is 26.6. The van der Waals surface area contributed by atoms with Crippen LogP contribution in [0.15, 0.2) is 28.7 Å². The Balaban J connectivity index is 2.34. The van der Waals surface area contributed by atoms with Crippen LogP contribution in [0.3, 0.4) is 0 Å². The third-order valence-corrected chi connectivity index (χ3v) is 4.13. The molecule has 1 aromatic rings. The molecular formula is C16H21BrN2O2. The molecule has 0 spiro atoms. The van der Waals surface area contributed by atoms with Crippen molar-refractivity contribution in [3.8, 4) is 0 Å². The van der Waals surface area contributed by atoms with E-state index in [4.69, 9.17) is 0 Å². The molecule has 1 saturated heterocycles. The predicted molar refractivity (Wildman–Crippen MR) is 85.5 cm³/mol. The molecule has 1 fully saturated rings. The number of nitrogens with zero attached hydrogens (tertiary/aromatic N) is 1. The van der Waals surface area contributed by atoms with Crippen molar-refractivity contribution in [3.63, 3.8) is 0 Å².